The van der Waals surface area contributed by atoms with Crippen LogP contribution in [0.1, 0.15) is 43.2 Å². The standard InChI is InChI=1S/C27H30N2O6/c1-16-7-6-13-29(23(16)26(31)32)25(30)24-22(12-14-34-24)28-27(33)35-15-21-19-10-4-2-8-17(19)18-9-3-5-11-20(18)21/h2-5,8-11,16,21-24H,6-7,12-15H2,1H3,(H,28,33)(H,31,32). The summed E-state index contributed by atoms with van der Waals surface area (Å²) in [4.78, 5) is 39.2. The Hall–Kier alpha value is -3.39. The molecule has 35 heavy (non-hydrogen) atoms. The number of rotatable bonds is 5. The maximum atomic E-state index is 13.2. The molecule has 0 saturated carbocycles. The summed E-state index contributed by atoms with van der Waals surface area (Å²) in [5, 5.41) is 12.5. The molecule has 4 atom stereocenters. The molecule has 2 fully saturated rings. The number of aliphatic carboxylic acids is 1. The first-order valence-electron chi connectivity index (χ1n) is 12.2. The number of carboxylic acid groups (broad SMARTS) is 1. The minimum atomic E-state index is -1.01. The zero-order chi connectivity index (χ0) is 24.5. The van der Waals surface area contributed by atoms with Crippen molar-refractivity contribution in [3.8, 4) is 11.1 Å². The molecule has 4 unspecified atom stereocenters. The number of carbonyl (C=O) groups excluding carboxylic acids is 2. The van der Waals surface area contributed by atoms with E-state index in [1.807, 2.05) is 31.2 Å². The number of nitrogens with one attached hydrogen (secondary N) is 1. The smallest absolute Gasteiger partial charge is 0.407 e. The maximum absolute atomic E-state index is 13.2. The van der Waals surface area contributed by atoms with Crippen LogP contribution in [-0.4, -0.2) is 65.9 Å². The van der Waals surface area contributed by atoms with Crippen molar-refractivity contribution in [3.63, 3.8) is 0 Å². The quantitative estimate of drug-likeness (QED) is 0.683. The number of carbonyl (C=O) groups is 3. The number of hydrogen-bond acceptors (Lipinski definition) is 5. The Bertz CT molecular complexity index is 1090. The third kappa shape index (κ3) is 4.38. The van der Waals surface area contributed by atoms with E-state index < -0.39 is 30.3 Å². The second-order valence-electron chi connectivity index (χ2n) is 9.59. The van der Waals surface area contributed by atoms with Crippen molar-refractivity contribution in [2.24, 2.45) is 5.92 Å². The Balaban J connectivity index is 1.23. The zero-order valence-corrected chi connectivity index (χ0v) is 19.7. The molecule has 1 aliphatic carbocycles. The fraction of sp³-hybridized carbons (Fsp3) is 0.444. The Morgan fingerprint density at radius 3 is 2.37 bits per heavy atom. The van der Waals surface area contributed by atoms with Crippen LogP contribution in [0.25, 0.3) is 11.1 Å². The van der Waals surface area contributed by atoms with E-state index in [0.29, 0.717) is 19.6 Å². The number of benzene rings is 2. The van der Waals surface area contributed by atoms with Gasteiger partial charge in [-0.2, -0.15) is 0 Å². The van der Waals surface area contributed by atoms with E-state index in [9.17, 15) is 19.5 Å². The van der Waals surface area contributed by atoms with Gasteiger partial charge in [-0.3, -0.25) is 4.79 Å². The molecule has 2 saturated heterocycles. The molecule has 8 heteroatoms. The first-order chi connectivity index (χ1) is 17.0. The van der Waals surface area contributed by atoms with Crippen molar-refractivity contribution in [1.82, 2.24) is 10.2 Å². The van der Waals surface area contributed by atoms with Crippen LogP contribution < -0.4 is 5.32 Å². The molecule has 0 aromatic heterocycles. The molecule has 8 nitrogen and oxygen atoms in total. The van der Waals surface area contributed by atoms with Crippen LogP contribution in [0.15, 0.2) is 48.5 Å². The van der Waals surface area contributed by atoms with Gasteiger partial charge in [0.05, 0.1) is 6.04 Å². The van der Waals surface area contributed by atoms with Gasteiger partial charge in [0.25, 0.3) is 5.91 Å². The number of likely N-dealkylation sites (tertiary alicyclic amines) is 1. The van der Waals surface area contributed by atoms with E-state index in [2.05, 4.69) is 29.6 Å². The molecule has 2 aliphatic heterocycles. The van der Waals surface area contributed by atoms with Gasteiger partial charge in [-0.1, -0.05) is 55.5 Å². The van der Waals surface area contributed by atoms with E-state index >= 15 is 0 Å². The van der Waals surface area contributed by atoms with Gasteiger partial charge in [-0.15, -0.1) is 0 Å². The molecule has 2 aromatic rings. The maximum Gasteiger partial charge on any atom is 0.407 e. The Morgan fingerprint density at radius 1 is 1.06 bits per heavy atom. The Labute approximate surface area is 204 Å². The predicted molar refractivity (Wildman–Crippen MR) is 128 cm³/mol. The normalized spacial score (nSPS) is 25.6. The molecule has 5 rings (SSSR count). The minimum absolute atomic E-state index is 0.0587. The van der Waals surface area contributed by atoms with Crippen LogP contribution >= 0.6 is 0 Å². The topological polar surface area (TPSA) is 105 Å². The first-order valence-corrected chi connectivity index (χ1v) is 12.2. The number of nitrogens with zero attached hydrogens (tertiary/aromatic N) is 1. The minimum Gasteiger partial charge on any atom is -0.480 e. The predicted octanol–water partition coefficient (Wildman–Crippen LogP) is 3.39. The lowest BCUT2D eigenvalue weighted by molar-refractivity contribution is -0.159. The molecule has 3 aliphatic rings. The second-order valence-corrected chi connectivity index (χ2v) is 9.59. The van der Waals surface area contributed by atoms with Gasteiger partial charge in [-0.05, 0) is 47.4 Å². The van der Waals surface area contributed by atoms with E-state index in [-0.39, 0.29) is 24.3 Å². The van der Waals surface area contributed by atoms with Crippen molar-refractivity contribution in [3.05, 3.63) is 59.7 Å². The number of fused-ring (bicyclic) bond motifs is 3. The number of amides is 2. The SMILES string of the molecule is CC1CCCN(C(=O)C2OCCC2NC(=O)OCC2c3ccccc3-c3ccccc32)C1C(=O)O. The molecule has 2 amide bonds. The summed E-state index contributed by atoms with van der Waals surface area (Å²) >= 11 is 0. The van der Waals surface area contributed by atoms with Gasteiger partial charge in [0.1, 0.15) is 12.6 Å². The highest BCUT2D eigenvalue weighted by Crippen LogP contribution is 2.44. The molecular formula is C27H30N2O6. The highest BCUT2D eigenvalue weighted by atomic mass is 16.6. The molecule has 0 spiro atoms. The number of ether oxygens (including phenoxy) is 2. The van der Waals surface area contributed by atoms with Gasteiger partial charge in [0.2, 0.25) is 0 Å². The van der Waals surface area contributed by atoms with Gasteiger partial charge in [-0.25, -0.2) is 9.59 Å². The van der Waals surface area contributed by atoms with Crippen LogP contribution in [-0.2, 0) is 19.1 Å². The van der Waals surface area contributed by atoms with E-state index in [0.717, 1.165) is 35.1 Å². The summed E-state index contributed by atoms with van der Waals surface area (Å²) < 4.78 is 11.3. The molecule has 184 valence electrons. The summed E-state index contributed by atoms with van der Waals surface area (Å²) in [6.45, 7) is 2.71. The second kappa shape index (κ2) is 9.70. The lowest BCUT2D eigenvalue weighted by Gasteiger charge is -2.39. The van der Waals surface area contributed by atoms with Crippen molar-refractivity contribution in [2.45, 2.75) is 50.3 Å². The lowest BCUT2D eigenvalue weighted by atomic mass is 9.90. The third-order valence-corrected chi connectivity index (χ3v) is 7.45. The number of alkyl carbamates (subject to hydrolysis) is 1. The van der Waals surface area contributed by atoms with Gasteiger partial charge >= 0.3 is 12.1 Å². The van der Waals surface area contributed by atoms with E-state index in [1.165, 1.54) is 4.90 Å². The Morgan fingerprint density at radius 2 is 1.71 bits per heavy atom. The van der Waals surface area contributed by atoms with Crippen LogP contribution in [0, 0.1) is 5.92 Å². The van der Waals surface area contributed by atoms with E-state index in [4.69, 9.17) is 9.47 Å². The number of carboxylic acids is 1. The zero-order valence-electron chi connectivity index (χ0n) is 19.7. The summed E-state index contributed by atoms with van der Waals surface area (Å²) in [6.07, 6.45) is 0.438. The summed E-state index contributed by atoms with van der Waals surface area (Å²) in [6, 6.07) is 14.8. The molecular weight excluding hydrogens is 448 g/mol. The van der Waals surface area contributed by atoms with E-state index in [1.54, 1.807) is 0 Å². The van der Waals surface area contributed by atoms with Gasteiger partial charge in [0, 0.05) is 19.1 Å². The summed E-state index contributed by atoms with van der Waals surface area (Å²) in [5.74, 6) is -1.59. The Kier molecular flexibility index (Phi) is 6.47. The summed E-state index contributed by atoms with van der Waals surface area (Å²) in [7, 11) is 0. The monoisotopic (exact) mass is 478 g/mol. The molecule has 2 heterocycles. The van der Waals surface area contributed by atoms with Crippen LogP contribution in [0.2, 0.25) is 0 Å². The molecule has 2 N–H and O–H groups in total. The average Bonchev–Trinajstić information content (AvgIpc) is 3.44. The molecule has 2 aromatic carbocycles. The van der Waals surface area contributed by atoms with Crippen LogP contribution in [0.4, 0.5) is 4.79 Å². The lowest BCUT2D eigenvalue weighted by Crippen LogP contribution is -2.57. The highest BCUT2D eigenvalue weighted by molar-refractivity contribution is 5.88. The van der Waals surface area contributed by atoms with Crippen molar-refractivity contribution >= 4 is 18.0 Å². The van der Waals surface area contributed by atoms with Crippen LogP contribution in [0.3, 0.4) is 0 Å². The summed E-state index contributed by atoms with van der Waals surface area (Å²) in [5.41, 5.74) is 4.54. The van der Waals surface area contributed by atoms with Gasteiger partial charge in [0.15, 0.2) is 6.10 Å². The number of piperidine rings is 1. The van der Waals surface area contributed by atoms with Crippen molar-refractivity contribution in [2.75, 3.05) is 19.8 Å². The largest absolute Gasteiger partial charge is 0.480 e. The number of hydrogen-bond donors (Lipinski definition) is 2. The first kappa shape index (κ1) is 23.4. The highest BCUT2D eigenvalue weighted by Gasteiger charge is 2.44. The van der Waals surface area contributed by atoms with Crippen molar-refractivity contribution < 1.29 is 29.0 Å². The van der Waals surface area contributed by atoms with Crippen LogP contribution in [0.5, 0.6) is 0 Å². The molecule has 0 radical (unpaired) electrons. The van der Waals surface area contributed by atoms with Gasteiger partial charge < -0.3 is 24.8 Å². The average molecular weight is 479 g/mol. The fourth-order valence-corrected chi connectivity index (χ4v) is 5.75. The third-order valence-electron chi connectivity index (χ3n) is 7.45. The fourth-order valence-electron chi connectivity index (χ4n) is 5.75. The molecule has 0 bridgehead atoms. The van der Waals surface area contributed by atoms with Crippen molar-refractivity contribution in [1.29, 1.82) is 0 Å².